The summed E-state index contributed by atoms with van der Waals surface area (Å²) in [6.45, 7) is 6.77. The van der Waals surface area contributed by atoms with Crippen LogP contribution < -0.4 is 0 Å². The first-order valence-corrected chi connectivity index (χ1v) is 2.49. The third kappa shape index (κ3) is 0.444. The van der Waals surface area contributed by atoms with E-state index in [0.717, 1.165) is 5.92 Å². The van der Waals surface area contributed by atoms with Crippen LogP contribution in [0, 0.1) is 17.8 Å². The van der Waals surface area contributed by atoms with Crippen molar-refractivity contribution in [3.63, 3.8) is 0 Å². The van der Waals surface area contributed by atoms with Crippen LogP contribution in [0.15, 0.2) is 0 Å². The first-order chi connectivity index (χ1) is 2.63. The molecular weight excluding hydrogens is 72.1 g/mol. The Hall–Kier alpha value is 0. The minimum Gasteiger partial charge on any atom is -0.0617 e. The average molecular weight is 83.2 g/mol. The van der Waals surface area contributed by atoms with Gasteiger partial charge in [-0.2, -0.15) is 0 Å². The van der Waals surface area contributed by atoms with Crippen molar-refractivity contribution in [3.05, 3.63) is 6.42 Å². The zero-order chi connectivity index (χ0) is 4.78. The fourth-order valence-electron chi connectivity index (χ4n) is 0.596. The first-order valence-electron chi connectivity index (χ1n) is 2.49. The van der Waals surface area contributed by atoms with Crippen molar-refractivity contribution in [1.82, 2.24) is 0 Å². The molecule has 0 aromatic carbocycles. The number of hydrogen-bond donors (Lipinski definition) is 0. The van der Waals surface area contributed by atoms with Crippen molar-refractivity contribution < 1.29 is 0 Å². The highest BCUT2D eigenvalue weighted by Crippen LogP contribution is 2.49. The molecule has 1 radical (unpaired) electrons. The quantitative estimate of drug-likeness (QED) is 0.419. The number of hydrogen-bond acceptors (Lipinski definition) is 0. The summed E-state index contributed by atoms with van der Waals surface area (Å²) in [7, 11) is 0. The van der Waals surface area contributed by atoms with E-state index in [2.05, 4.69) is 27.2 Å². The van der Waals surface area contributed by atoms with Gasteiger partial charge >= 0.3 is 0 Å². The van der Waals surface area contributed by atoms with E-state index in [1.807, 2.05) is 0 Å². The van der Waals surface area contributed by atoms with Crippen LogP contribution in [0.5, 0.6) is 0 Å². The van der Waals surface area contributed by atoms with Crippen molar-refractivity contribution in [2.24, 2.45) is 11.3 Å². The number of rotatable bonds is 0. The fourth-order valence-corrected chi connectivity index (χ4v) is 0.596. The smallest absolute Gasteiger partial charge is 0.0292 e. The summed E-state index contributed by atoms with van der Waals surface area (Å²) in [4.78, 5) is 0. The van der Waals surface area contributed by atoms with Crippen LogP contribution in [0.3, 0.4) is 0 Å². The van der Waals surface area contributed by atoms with Crippen molar-refractivity contribution in [1.29, 1.82) is 0 Å². The maximum absolute atomic E-state index is 2.35. The van der Waals surface area contributed by atoms with E-state index in [-0.39, 0.29) is 0 Å². The summed E-state index contributed by atoms with van der Waals surface area (Å²) in [5.41, 5.74) is 0.583. The molecule has 1 aliphatic rings. The van der Waals surface area contributed by atoms with E-state index in [4.69, 9.17) is 0 Å². The highest BCUT2D eigenvalue weighted by atomic mass is 14.5. The van der Waals surface area contributed by atoms with Crippen LogP contribution in [-0.2, 0) is 0 Å². The van der Waals surface area contributed by atoms with Gasteiger partial charge in [-0.3, -0.25) is 0 Å². The second kappa shape index (κ2) is 0.800. The molecule has 0 heteroatoms. The second-order valence-electron chi connectivity index (χ2n) is 2.78. The molecule has 0 spiro atoms. The van der Waals surface area contributed by atoms with E-state index >= 15 is 0 Å². The van der Waals surface area contributed by atoms with Crippen molar-refractivity contribution in [3.8, 4) is 0 Å². The molecular formula is C6H11. The standard InChI is InChI=1S/C6H11/c1-5-4-6(5,2)3/h4-5H,1-3H3. The SMILES string of the molecule is CC1[CH]C1(C)C. The molecule has 0 heterocycles. The van der Waals surface area contributed by atoms with Crippen LogP contribution in [0.2, 0.25) is 0 Å². The van der Waals surface area contributed by atoms with Crippen molar-refractivity contribution >= 4 is 0 Å². The molecule has 0 bridgehead atoms. The summed E-state index contributed by atoms with van der Waals surface area (Å²) < 4.78 is 0. The molecule has 1 rings (SSSR count). The molecule has 0 nitrogen and oxygen atoms in total. The monoisotopic (exact) mass is 83.1 g/mol. The van der Waals surface area contributed by atoms with Gasteiger partial charge in [0, 0.05) is 0 Å². The Morgan fingerprint density at radius 1 is 1.50 bits per heavy atom. The Balaban J connectivity index is 2.41. The van der Waals surface area contributed by atoms with E-state index in [1.54, 1.807) is 0 Å². The van der Waals surface area contributed by atoms with Crippen molar-refractivity contribution in [2.75, 3.05) is 0 Å². The zero-order valence-corrected chi connectivity index (χ0v) is 4.65. The van der Waals surface area contributed by atoms with Gasteiger partial charge < -0.3 is 0 Å². The molecule has 1 atom stereocenters. The van der Waals surface area contributed by atoms with E-state index in [9.17, 15) is 0 Å². The maximum Gasteiger partial charge on any atom is -0.0292 e. The third-order valence-electron chi connectivity index (χ3n) is 1.74. The highest BCUT2D eigenvalue weighted by Gasteiger charge is 2.41. The van der Waals surface area contributed by atoms with Gasteiger partial charge in [-0.15, -0.1) is 0 Å². The topological polar surface area (TPSA) is 0 Å². The largest absolute Gasteiger partial charge is 0.0617 e. The zero-order valence-electron chi connectivity index (χ0n) is 4.65. The Bertz CT molecular complexity index is 62.4. The van der Waals surface area contributed by atoms with Gasteiger partial charge in [-0.05, 0) is 17.8 Å². The molecule has 0 aromatic heterocycles. The molecule has 6 heavy (non-hydrogen) atoms. The molecule has 1 saturated carbocycles. The Morgan fingerprint density at radius 3 is 1.67 bits per heavy atom. The Morgan fingerprint density at radius 2 is 1.67 bits per heavy atom. The molecule has 1 fully saturated rings. The summed E-state index contributed by atoms with van der Waals surface area (Å²) >= 11 is 0. The predicted molar refractivity (Wildman–Crippen MR) is 27.2 cm³/mol. The molecule has 35 valence electrons. The molecule has 0 saturated heterocycles. The molecule has 1 unspecified atom stereocenters. The van der Waals surface area contributed by atoms with Gasteiger partial charge in [-0.1, -0.05) is 20.8 Å². The van der Waals surface area contributed by atoms with E-state index < -0.39 is 0 Å². The van der Waals surface area contributed by atoms with Crippen LogP contribution in [0.25, 0.3) is 0 Å². The van der Waals surface area contributed by atoms with E-state index in [1.165, 1.54) is 0 Å². The van der Waals surface area contributed by atoms with Gasteiger partial charge in [0.25, 0.3) is 0 Å². The first kappa shape index (κ1) is 4.17. The molecule has 0 N–H and O–H groups in total. The minimum absolute atomic E-state index is 0.583. The minimum atomic E-state index is 0.583. The third-order valence-corrected chi connectivity index (χ3v) is 1.74. The van der Waals surface area contributed by atoms with Crippen LogP contribution in [0.4, 0.5) is 0 Å². The van der Waals surface area contributed by atoms with Crippen LogP contribution in [-0.4, -0.2) is 0 Å². The van der Waals surface area contributed by atoms with Gasteiger partial charge in [-0.25, -0.2) is 0 Å². The summed E-state index contributed by atoms with van der Waals surface area (Å²) in [5, 5.41) is 0. The second-order valence-corrected chi connectivity index (χ2v) is 2.78. The van der Waals surface area contributed by atoms with Gasteiger partial charge in [0.05, 0.1) is 0 Å². The molecule has 0 aromatic rings. The highest BCUT2D eigenvalue weighted by molar-refractivity contribution is 5.10. The average Bonchev–Trinajstić information content (AvgIpc) is 1.73. The van der Waals surface area contributed by atoms with E-state index in [0.29, 0.717) is 5.41 Å². The lowest BCUT2D eigenvalue weighted by atomic mass is 10.1. The lowest BCUT2D eigenvalue weighted by Gasteiger charge is -1.91. The van der Waals surface area contributed by atoms with Crippen LogP contribution in [0.1, 0.15) is 20.8 Å². The summed E-state index contributed by atoms with van der Waals surface area (Å²) in [6.07, 6.45) is 2.35. The summed E-state index contributed by atoms with van der Waals surface area (Å²) in [5.74, 6) is 0.873. The van der Waals surface area contributed by atoms with Crippen LogP contribution >= 0.6 is 0 Å². The lowest BCUT2D eigenvalue weighted by Crippen LogP contribution is -1.82. The maximum atomic E-state index is 2.35. The summed E-state index contributed by atoms with van der Waals surface area (Å²) in [6, 6.07) is 0. The molecule has 1 aliphatic carbocycles. The normalized spacial score (nSPS) is 39.5. The van der Waals surface area contributed by atoms with Gasteiger partial charge in [0.15, 0.2) is 0 Å². The van der Waals surface area contributed by atoms with Gasteiger partial charge in [0.2, 0.25) is 0 Å². The van der Waals surface area contributed by atoms with Crippen molar-refractivity contribution in [2.45, 2.75) is 20.8 Å². The molecule has 0 aliphatic heterocycles. The molecule has 0 amide bonds. The van der Waals surface area contributed by atoms with Gasteiger partial charge in [0.1, 0.15) is 0 Å². The fraction of sp³-hybridized carbons (Fsp3) is 0.833. The predicted octanol–water partition coefficient (Wildman–Crippen LogP) is 1.87. The lowest BCUT2D eigenvalue weighted by molar-refractivity contribution is 0.595. The Labute approximate surface area is 39.6 Å². The Kier molecular flexibility index (Phi) is 0.556.